The number of fused-ring (bicyclic) bond motifs is 2. The molecule has 1 aliphatic carbocycles. The van der Waals surface area contributed by atoms with Crippen LogP contribution in [0.25, 0.3) is 11.0 Å². The molecule has 1 heterocycles. The van der Waals surface area contributed by atoms with Gasteiger partial charge >= 0.3 is 0 Å². The molecular weight excluding hydrogens is 440 g/mol. The number of benzene rings is 3. The number of methoxy groups -OCH3 is 1. The molecule has 7 nitrogen and oxygen atoms in total. The zero-order valence-electron chi connectivity index (χ0n) is 19.7. The summed E-state index contributed by atoms with van der Waals surface area (Å²) in [5.41, 5.74) is 6.11. The number of amides is 2. The molecule has 1 unspecified atom stereocenters. The first kappa shape index (κ1) is 22.8. The predicted molar refractivity (Wildman–Crippen MR) is 135 cm³/mol. The number of nitrogens with zero attached hydrogens (tertiary/aromatic N) is 2. The number of aryl methyl sites for hydroxylation is 3. The number of carbonyl (C=O) groups excluding carboxylic acids is 2. The second kappa shape index (κ2) is 10.1. The minimum absolute atomic E-state index is 0.0237. The van der Waals surface area contributed by atoms with Crippen molar-refractivity contribution in [2.24, 2.45) is 0 Å². The van der Waals surface area contributed by atoms with Crippen LogP contribution in [0, 0.1) is 0 Å². The molecule has 0 radical (unpaired) electrons. The van der Waals surface area contributed by atoms with Gasteiger partial charge in [-0.2, -0.15) is 0 Å². The van der Waals surface area contributed by atoms with Crippen molar-refractivity contribution in [3.63, 3.8) is 0 Å². The molecule has 0 spiro atoms. The van der Waals surface area contributed by atoms with Crippen LogP contribution in [0.3, 0.4) is 0 Å². The molecular formula is C28H28N4O3. The smallest absolute Gasteiger partial charge is 0.251 e. The third-order valence-electron chi connectivity index (χ3n) is 6.45. The first-order valence-corrected chi connectivity index (χ1v) is 11.8. The first-order valence-electron chi connectivity index (χ1n) is 11.8. The number of carbonyl (C=O) groups is 2. The van der Waals surface area contributed by atoms with Gasteiger partial charge in [0.25, 0.3) is 5.91 Å². The summed E-state index contributed by atoms with van der Waals surface area (Å²) in [6.07, 6.45) is 4.40. The summed E-state index contributed by atoms with van der Waals surface area (Å²) < 4.78 is 7.00. The topological polar surface area (TPSA) is 85.2 Å². The van der Waals surface area contributed by atoms with E-state index in [1.165, 1.54) is 23.8 Å². The van der Waals surface area contributed by atoms with Gasteiger partial charge in [0.1, 0.15) is 6.61 Å². The molecule has 0 fully saturated rings. The number of aromatic nitrogens is 2. The quantitative estimate of drug-likeness (QED) is 0.404. The number of nitrogens with one attached hydrogen (secondary N) is 2. The van der Waals surface area contributed by atoms with Crippen molar-refractivity contribution in [1.29, 1.82) is 0 Å². The number of imidazole rings is 1. The van der Waals surface area contributed by atoms with Gasteiger partial charge in [0.05, 0.1) is 29.1 Å². The van der Waals surface area contributed by atoms with Gasteiger partial charge in [-0.15, -0.1) is 0 Å². The lowest BCUT2D eigenvalue weighted by Gasteiger charge is -2.16. The van der Waals surface area contributed by atoms with Crippen LogP contribution in [-0.4, -0.2) is 35.1 Å². The highest BCUT2D eigenvalue weighted by atomic mass is 16.5. The van der Waals surface area contributed by atoms with Crippen LogP contribution in [0.2, 0.25) is 0 Å². The molecule has 1 aromatic heterocycles. The van der Waals surface area contributed by atoms with Gasteiger partial charge in [0.15, 0.2) is 0 Å². The SMILES string of the molecule is COCC(=O)Nc1cc(C(=O)NC2CCc3ccccc32)cc2ncn(CCc3ccccc3)c12. The van der Waals surface area contributed by atoms with Gasteiger partial charge in [0, 0.05) is 19.2 Å². The van der Waals surface area contributed by atoms with Crippen LogP contribution >= 0.6 is 0 Å². The van der Waals surface area contributed by atoms with Crippen molar-refractivity contribution in [2.75, 3.05) is 19.0 Å². The minimum atomic E-state index is -0.285. The Kier molecular flexibility index (Phi) is 6.59. The van der Waals surface area contributed by atoms with E-state index < -0.39 is 0 Å². The molecule has 2 amide bonds. The van der Waals surface area contributed by atoms with E-state index in [4.69, 9.17) is 4.74 Å². The van der Waals surface area contributed by atoms with Crippen LogP contribution in [0.15, 0.2) is 73.1 Å². The van der Waals surface area contributed by atoms with Gasteiger partial charge in [-0.1, -0.05) is 54.6 Å². The number of hydrogen-bond acceptors (Lipinski definition) is 4. The molecule has 1 atom stereocenters. The summed E-state index contributed by atoms with van der Waals surface area (Å²) in [5, 5.41) is 6.07. The molecule has 4 aromatic rings. The Balaban J connectivity index is 1.43. The molecule has 2 N–H and O–H groups in total. The molecule has 0 saturated heterocycles. The van der Waals surface area contributed by atoms with E-state index in [2.05, 4.69) is 39.9 Å². The summed E-state index contributed by atoms with van der Waals surface area (Å²) >= 11 is 0. The van der Waals surface area contributed by atoms with E-state index in [0.29, 0.717) is 23.3 Å². The molecule has 3 aromatic carbocycles. The fraction of sp³-hybridized carbons (Fsp3) is 0.250. The van der Waals surface area contributed by atoms with Crippen molar-refractivity contribution < 1.29 is 14.3 Å². The first-order chi connectivity index (χ1) is 17.1. The Labute approximate surface area is 204 Å². The van der Waals surface area contributed by atoms with Gasteiger partial charge in [-0.3, -0.25) is 9.59 Å². The Morgan fingerprint density at radius 3 is 2.71 bits per heavy atom. The summed E-state index contributed by atoms with van der Waals surface area (Å²) in [6.45, 7) is 0.618. The highest BCUT2D eigenvalue weighted by molar-refractivity contribution is 6.05. The largest absolute Gasteiger partial charge is 0.375 e. The van der Waals surface area contributed by atoms with E-state index >= 15 is 0 Å². The second-order valence-electron chi connectivity index (χ2n) is 8.81. The van der Waals surface area contributed by atoms with Gasteiger partial charge in [-0.05, 0) is 48.1 Å². The van der Waals surface area contributed by atoms with Crippen LogP contribution in [-0.2, 0) is 28.9 Å². The lowest BCUT2D eigenvalue weighted by atomic mass is 10.1. The Bertz CT molecular complexity index is 1360. The highest BCUT2D eigenvalue weighted by Gasteiger charge is 2.25. The van der Waals surface area contributed by atoms with Crippen molar-refractivity contribution in [3.8, 4) is 0 Å². The van der Waals surface area contributed by atoms with E-state index in [-0.39, 0.29) is 24.5 Å². The van der Waals surface area contributed by atoms with E-state index in [9.17, 15) is 9.59 Å². The molecule has 1 aliphatic rings. The summed E-state index contributed by atoms with van der Waals surface area (Å²) in [6, 6.07) is 21.9. The molecule has 0 saturated carbocycles. The van der Waals surface area contributed by atoms with Gasteiger partial charge < -0.3 is 19.9 Å². The van der Waals surface area contributed by atoms with Crippen LogP contribution in [0.5, 0.6) is 0 Å². The van der Waals surface area contributed by atoms with E-state index in [1.807, 2.05) is 34.9 Å². The number of hydrogen-bond donors (Lipinski definition) is 2. The number of ether oxygens (including phenoxy) is 1. The second-order valence-corrected chi connectivity index (χ2v) is 8.81. The molecule has 35 heavy (non-hydrogen) atoms. The predicted octanol–water partition coefficient (Wildman–Crippen LogP) is 4.28. The van der Waals surface area contributed by atoms with Gasteiger partial charge in [-0.25, -0.2) is 4.98 Å². The third kappa shape index (κ3) is 4.95. The molecule has 7 heteroatoms. The van der Waals surface area contributed by atoms with Crippen molar-refractivity contribution in [3.05, 3.63) is 95.3 Å². The highest BCUT2D eigenvalue weighted by Crippen LogP contribution is 2.32. The molecule has 178 valence electrons. The Hall–Kier alpha value is -3.97. The summed E-state index contributed by atoms with van der Waals surface area (Å²) in [5.74, 6) is -0.471. The minimum Gasteiger partial charge on any atom is -0.375 e. The van der Waals surface area contributed by atoms with Crippen LogP contribution in [0.4, 0.5) is 5.69 Å². The fourth-order valence-electron chi connectivity index (χ4n) is 4.77. The third-order valence-corrected chi connectivity index (χ3v) is 6.45. The van der Waals surface area contributed by atoms with Crippen LogP contribution < -0.4 is 10.6 Å². The number of rotatable bonds is 8. The maximum atomic E-state index is 13.3. The Morgan fingerprint density at radius 1 is 1.09 bits per heavy atom. The molecule has 0 aliphatic heterocycles. The zero-order valence-corrected chi connectivity index (χ0v) is 19.7. The van der Waals surface area contributed by atoms with E-state index in [0.717, 1.165) is 24.8 Å². The fourth-order valence-corrected chi connectivity index (χ4v) is 4.77. The maximum Gasteiger partial charge on any atom is 0.251 e. The molecule has 0 bridgehead atoms. The lowest BCUT2D eigenvalue weighted by Crippen LogP contribution is -2.27. The zero-order chi connectivity index (χ0) is 24.2. The normalized spacial score (nSPS) is 14.6. The molecule has 5 rings (SSSR count). The van der Waals surface area contributed by atoms with Crippen LogP contribution in [0.1, 0.15) is 39.5 Å². The average Bonchev–Trinajstić information content (AvgIpc) is 3.48. The van der Waals surface area contributed by atoms with Crippen molar-refractivity contribution in [1.82, 2.24) is 14.9 Å². The Morgan fingerprint density at radius 2 is 1.89 bits per heavy atom. The van der Waals surface area contributed by atoms with Gasteiger partial charge in [0.2, 0.25) is 5.91 Å². The summed E-state index contributed by atoms with van der Waals surface area (Å²) in [7, 11) is 1.47. The van der Waals surface area contributed by atoms with E-state index in [1.54, 1.807) is 18.5 Å². The number of anilines is 1. The lowest BCUT2D eigenvalue weighted by molar-refractivity contribution is -0.119. The summed E-state index contributed by atoms with van der Waals surface area (Å²) in [4.78, 5) is 30.2. The van der Waals surface area contributed by atoms with Crippen molar-refractivity contribution in [2.45, 2.75) is 31.8 Å². The standard InChI is InChI=1S/C28H28N4O3/c1-35-17-26(33)30-25-16-21(28(34)31-23-12-11-20-9-5-6-10-22(20)23)15-24-27(25)32(18-29-24)14-13-19-7-3-2-4-8-19/h2-10,15-16,18,23H,11-14,17H2,1H3,(H,30,33)(H,31,34). The monoisotopic (exact) mass is 468 g/mol. The van der Waals surface area contributed by atoms with Crippen molar-refractivity contribution >= 4 is 28.5 Å². The maximum absolute atomic E-state index is 13.3. The average molecular weight is 469 g/mol.